The smallest absolute Gasteiger partial charge is 0.248 e. The van der Waals surface area contributed by atoms with Crippen molar-refractivity contribution in [2.24, 2.45) is 0 Å². The van der Waals surface area contributed by atoms with E-state index in [1.807, 2.05) is 0 Å². The molecule has 0 aliphatic carbocycles. The van der Waals surface area contributed by atoms with Crippen molar-refractivity contribution in [1.29, 1.82) is 0 Å². The molecule has 3 N–H and O–H groups in total. The number of benzene rings is 2. The fourth-order valence-electron chi connectivity index (χ4n) is 3.33. The lowest BCUT2D eigenvalue weighted by molar-refractivity contribution is -0.111. The summed E-state index contributed by atoms with van der Waals surface area (Å²) >= 11 is 5.90. The second-order valence-corrected chi connectivity index (χ2v) is 7.80. The first-order chi connectivity index (χ1) is 16.0. The van der Waals surface area contributed by atoms with Crippen molar-refractivity contribution < 1.29 is 18.7 Å². The molecule has 2 heterocycles. The molecule has 0 radical (unpaired) electrons. The van der Waals surface area contributed by atoms with Crippen LogP contribution >= 0.6 is 11.6 Å². The van der Waals surface area contributed by atoms with Crippen molar-refractivity contribution in [2.45, 2.75) is 12.5 Å². The van der Waals surface area contributed by atoms with E-state index >= 15 is 0 Å². The normalized spacial score (nSPS) is 15.8. The Bertz CT molecular complexity index is 1180. The van der Waals surface area contributed by atoms with Gasteiger partial charge in [0.2, 0.25) is 5.91 Å². The van der Waals surface area contributed by atoms with Gasteiger partial charge in [0.05, 0.1) is 29.4 Å². The van der Waals surface area contributed by atoms with E-state index in [0.717, 1.165) is 6.42 Å². The summed E-state index contributed by atoms with van der Waals surface area (Å²) in [5.41, 5.74) is 1.65. The minimum atomic E-state index is -0.510. The van der Waals surface area contributed by atoms with Crippen LogP contribution in [0.4, 0.5) is 21.6 Å². The number of ether oxygens (including phenoxy) is 2. The van der Waals surface area contributed by atoms with Crippen LogP contribution in [0.25, 0.3) is 10.9 Å². The monoisotopic (exact) mass is 471 g/mol. The predicted molar refractivity (Wildman–Crippen MR) is 126 cm³/mol. The third kappa shape index (κ3) is 5.75. The highest BCUT2D eigenvalue weighted by molar-refractivity contribution is 6.31. The molecule has 8 nitrogen and oxygen atoms in total. The van der Waals surface area contributed by atoms with Gasteiger partial charge in [-0.3, -0.25) is 4.79 Å². The van der Waals surface area contributed by atoms with Crippen molar-refractivity contribution in [3.63, 3.8) is 0 Å². The second kappa shape index (κ2) is 10.6. The van der Waals surface area contributed by atoms with Gasteiger partial charge in [-0.2, -0.15) is 0 Å². The zero-order valence-electron chi connectivity index (χ0n) is 17.9. The van der Waals surface area contributed by atoms with E-state index in [2.05, 4.69) is 25.9 Å². The standard InChI is InChI=1S/C23H23ClFN5O3/c1-26-7-2-3-22(31)30-20-10-16-19(11-21(20)33-15-6-8-32-12-15)27-13-28-23(16)29-14-4-5-18(25)17(24)9-14/h2-5,9-11,13,15,26H,6-8,12H2,1H3,(H,30,31)(H,27,28,29)/b3-2+. The molecule has 1 aliphatic heterocycles. The molecule has 172 valence electrons. The van der Waals surface area contributed by atoms with Gasteiger partial charge in [0, 0.05) is 36.2 Å². The van der Waals surface area contributed by atoms with Gasteiger partial charge in [-0.15, -0.1) is 0 Å². The molecule has 1 aliphatic rings. The number of likely N-dealkylation sites (N-methyl/N-ethyl adjacent to an activating group) is 1. The Hall–Kier alpha value is -3.27. The van der Waals surface area contributed by atoms with Gasteiger partial charge < -0.3 is 25.4 Å². The van der Waals surface area contributed by atoms with E-state index in [1.165, 1.54) is 24.5 Å². The number of nitrogens with zero attached hydrogens (tertiary/aromatic N) is 2. The van der Waals surface area contributed by atoms with Crippen LogP contribution in [0.15, 0.2) is 48.8 Å². The first kappa shape index (κ1) is 22.9. The van der Waals surface area contributed by atoms with E-state index in [9.17, 15) is 9.18 Å². The first-order valence-electron chi connectivity index (χ1n) is 10.4. The number of hydrogen-bond acceptors (Lipinski definition) is 7. The molecule has 1 unspecified atom stereocenters. The summed E-state index contributed by atoms with van der Waals surface area (Å²) in [7, 11) is 1.80. The maximum atomic E-state index is 13.5. The number of rotatable bonds is 8. The highest BCUT2D eigenvalue weighted by atomic mass is 35.5. The summed E-state index contributed by atoms with van der Waals surface area (Å²) in [6.45, 7) is 1.68. The molecule has 1 fully saturated rings. The Morgan fingerprint density at radius 2 is 2.21 bits per heavy atom. The van der Waals surface area contributed by atoms with Gasteiger partial charge in [0.15, 0.2) is 0 Å². The summed E-state index contributed by atoms with van der Waals surface area (Å²) < 4.78 is 25.0. The van der Waals surface area contributed by atoms with Crippen LogP contribution in [0.1, 0.15) is 6.42 Å². The van der Waals surface area contributed by atoms with E-state index in [4.69, 9.17) is 21.1 Å². The minimum Gasteiger partial charge on any atom is -0.486 e. The quantitative estimate of drug-likeness (QED) is 0.426. The molecule has 2 aromatic carbocycles. The first-order valence-corrected chi connectivity index (χ1v) is 10.8. The number of carbonyl (C=O) groups is 1. The zero-order valence-corrected chi connectivity index (χ0v) is 18.7. The summed E-state index contributed by atoms with van der Waals surface area (Å²) in [5, 5.41) is 9.58. The predicted octanol–water partition coefficient (Wildman–Crippen LogP) is 4.05. The molecule has 1 atom stereocenters. The average molecular weight is 472 g/mol. The summed E-state index contributed by atoms with van der Waals surface area (Å²) in [6.07, 6.45) is 5.23. The highest BCUT2D eigenvalue weighted by Crippen LogP contribution is 2.35. The Labute approximate surface area is 195 Å². The maximum Gasteiger partial charge on any atom is 0.248 e. The fourth-order valence-corrected chi connectivity index (χ4v) is 3.51. The van der Waals surface area contributed by atoms with Crippen molar-refractivity contribution in [1.82, 2.24) is 15.3 Å². The van der Waals surface area contributed by atoms with Crippen LogP contribution in [0.3, 0.4) is 0 Å². The fraction of sp³-hybridized carbons (Fsp3) is 0.261. The molecule has 4 rings (SSSR count). The van der Waals surface area contributed by atoms with E-state index in [1.54, 1.807) is 31.3 Å². The van der Waals surface area contributed by atoms with Crippen molar-refractivity contribution in [2.75, 3.05) is 37.4 Å². The van der Waals surface area contributed by atoms with E-state index in [-0.39, 0.29) is 17.0 Å². The summed E-state index contributed by atoms with van der Waals surface area (Å²) in [4.78, 5) is 21.1. The summed E-state index contributed by atoms with van der Waals surface area (Å²) in [5.74, 6) is 0.153. The third-order valence-corrected chi connectivity index (χ3v) is 5.24. The largest absolute Gasteiger partial charge is 0.486 e. The van der Waals surface area contributed by atoms with Crippen LogP contribution < -0.4 is 20.7 Å². The van der Waals surface area contributed by atoms with Gasteiger partial charge in [-0.1, -0.05) is 17.7 Å². The third-order valence-electron chi connectivity index (χ3n) is 4.95. The lowest BCUT2D eigenvalue weighted by Crippen LogP contribution is -2.18. The topological polar surface area (TPSA) is 97.4 Å². The molecule has 1 aromatic heterocycles. The van der Waals surface area contributed by atoms with Crippen LogP contribution in [-0.4, -0.2) is 48.8 Å². The molecular formula is C23H23ClFN5O3. The average Bonchev–Trinajstić information content (AvgIpc) is 3.30. The second-order valence-electron chi connectivity index (χ2n) is 7.39. The van der Waals surface area contributed by atoms with Crippen molar-refractivity contribution in [3.05, 3.63) is 59.7 Å². The molecule has 33 heavy (non-hydrogen) atoms. The van der Waals surface area contributed by atoms with Gasteiger partial charge >= 0.3 is 0 Å². The summed E-state index contributed by atoms with van der Waals surface area (Å²) in [6, 6.07) is 7.80. The number of amides is 1. The van der Waals surface area contributed by atoms with Crippen LogP contribution in [0.5, 0.6) is 5.75 Å². The Balaban J connectivity index is 1.70. The molecule has 1 amide bonds. The number of fused-ring (bicyclic) bond motifs is 1. The molecule has 0 bridgehead atoms. The van der Waals surface area contributed by atoms with E-state index in [0.29, 0.717) is 53.6 Å². The van der Waals surface area contributed by atoms with Crippen molar-refractivity contribution >= 4 is 45.6 Å². The number of hydrogen-bond donors (Lipinski definition) is 3. The van der Waals surface area contributed by atoms with Gasteiger partial charge in [0.1, 0.15) is 29.8 Å². The molecular weight excluding hydrogens is 449 g/mol. The van der Waals surface area contributed by atoms with Gasteiger partial charge in [-0.25, -0.2) is 14.4 Å². The van der Waals surface area contributed by atoms with Crippen LogP contribution in [0.2, 0.25) is 5.02 Å². The van der Waals surface area contributed by atoms with Crippen LogP contribution in [-0.2, 0) is 9.53 Å². The van der Waals surface area contributed by atoms with Crippen molar-refractivity contribution in [3.8, 4) is 5.75 Å². The zero-order chi connectivity index (χ0) is 23.2. The Kier molecular flexibility index (Phi) is 7.33. The molecule has 10 heteroatoms. The number of nitrogens with one attached hydrogen (secondary N) is 3. The maximum absolute atomic E-state index is 13.5. The van der Waals surface area contributed by atoms with Gasteiger partial charge in [-0.05, 0) is 31.3 Å². The van der Waals surface area contributed by atoms with Gasteiger partial charge in [0.25, 0.3) is 0 Å². The SMILES string of the molecule is CNC/C=C/C(=O)Nc1cc2c(Nc3ccc(F)c(Cl)c3)ncnc2cc1OC1CCOC1. The lowest BCUT2D eigenvalue weighted by atomic mass is 10.1. The number of halogens is 2. The highest BCUT2D eigenvalue weighted by Gasteiger charge is 2.20. The van der Waals surface area contributed by atoms with E-state index < -0.39 is 5.82 Å². The molecule has 1 saturated heterocycles. The Morgan fingerprint density at radius 3 is 2.97 bits per heavy atom. The number of aromatic nitrogens is 2. The molecule has 0 saturated carbocycles. The molecule has 0 spiro atoms. The van der Waals surface area contributed by atoms with Crippen LogP contribution in [0, 0.1) is 5.82 Å². The number of carbonyl (C=O) groups excluding carboxylic acids is 1. The Morgan fingerprint density at radius 1 is 1.33 bits per heavy atom. The lowest BCUT2D eigenvalue weighted by Gasteiger charge is -2.17. The number of anilines is 3. The minimum absolute atomic E-state index is 0.00543. The molecule has 3 aromatic rings.